The van der Waals surface area contributed by atoms with Gasteiger partial charge in [-0.15, -0.1) is 0 Å². The minimum Gasteiger partial charge on any atom is -0.497 e. The third kappa shape index (κ3) is 5.15. The fourth-order valence-corrected chi connectivity index (χ4v) is 8.42. The van der Waals surface area contributed by atoms with Gasteiger partial charge in [-0.05, 0) is 80.0 Å². The van der Waals surface area contributed by atoms with E-state index in [0.29, 0.717) is 53.0 Å². The number of fused-ring (bicyclic) bond motifs is 1. The molecule has 0 radical (unpaired) electrons. The van der Waals surface area contributed by atoms with Crippen molar-refractivity contribution in [3.05, 3.63) is 101 Å². The lowest BCUT2D eigenvalue weighted by atomic mass is 9.80. The number of likely N-dealkylation sites (tertiary alicyclic amines) is 1. The average molecular weight is 665 g/mol. The lowest BCUT2D eigenvalue weighted by Gasteiger charge is -2.41. The number of hydrogen-bond acceptors (Lipinski definition) is 9. The third-order valence-electron chi connectivity index (χ3n) is 9.04. The molecular formula is C34H37ClN4O6S. The zero-order valence-electron chi connectivity index (χ0n) is 26.3. The van der Waals surface area contributed by atoms with E-state index in [4.69, 9.17) is 25.5 Å². The molecule has 1 unspecified atom stereocenters. The number of nitrogens with zero attached hydrogens (tertiary/aromatic N) is 4. The molecule has 1 amide bonds. The highest BCUT2D eigenvalue weighted by atomic mass is 35.5. The van der Waals surface area contributed by atoms with Crippen molar-refractivity contribution in [2.24, 2.45) is 0 Å². The Morgan fingerprint density at radius 2 is 1.78 bits per heavy atom. The van der Waals surface area contributed by atoms with Crippen LogP contribution in [-0.2, 0) is 26.9 Å². The summed E-state index contributed by atoms with van der Waals surface area (Å²) in [5, 5.41) is 0.364. The molecule has 0 bridgehead atoms. The van der Waals surface area contributed by atoms with Crippen molar-refractivity contribution in [1.82, 2.24) is 14.8 Å². The van der Waals surface area contributed by atoms with Crippen molar-refractivity contribution in [3.63, 3.8) is 0 Å². The normalized spacial score (nSPS) is 20.0. The van der Waals surface area contributed by atoms with Crippen LogP contribution in [0.1, 0.15) is 55.3 Å². The molecule has 1 saturated heterocycles. The van der Waals surface area contributed by atoms with E-state index in [9.17, 15) is 8.42 Å². The maximum Gasteiger partial charge on any atom is 0.271 e. The molecule has 10 nitrogen and oxygen atoms in total. The predicted octanol–water partition coefficient (Wildman–Crippen LogP) is 6.00. The largest absolute Gasteiger partial charge is 0.497 e. The maximum absolute atomic E-state index is 15.4. The first-order valence-electron chi connectivity index (χ1n) is 15.3. The van der Waals surface area contributed by atoms with E-state index in [1.165, 1.54) is 25.5 Å². The van der Waals surface area contributed by atoms with Crippen molar-refractivity contribution in [3.8, 4) is 11.5 Å². The minimum absolute atomic E-state index is 0.0504. The summed E-state index contributed by atoms with van der Waals surface area (Å²) in [5.74, 6) is 0.745. The minimum atomic E-state index is -4.40. The van der Waals surface area contributed by atoms with Crippen LogP contribution in [0.15, 0.2) is 82.4 Å². The molecule has 2 aliphatic heterocycles. The molecule has 46 heavy (non-hydrogen) atoms. The van der Waals surface area contributed by atoms with E-state index < -0.39 is 27.5 Å². The Morgan fingerprint density at radius 3 is 2.43 bits per heavy atom. The number of amides is 1. The van der Waals surface area contributed by atoms with Crippen molar-refractivity contribution in [2.45, 2.75) is 49.7 Å². The molecule has 4 aromatic rings. The van der Waals surface area contributed by atoms with Crippen LogP contribution in [0.25, 0.3) is 0 Å². The Balaban J connectivity index is 1.62. The van der Waals surface area contributed by atoms with Crippen LogP contribution >= 0.6 is 11.6 Å². The molecule has 0 N–H and O–H groups in total. The highest BCUT2D eigenvalue weighted by Gasteiger charge is 2.62. The number of anilines is 1. The molecule has 12 heteroatoms. The summed E-state index contributed by atoms with van der Waals surface area (Å²) in [4.78, 5) is 24.1. The highest BCUT2D eigenvalue weighted by Crippen LogP contribution is 2.56. The maximum atomic E-state index is 15.4. The van der Waals surface area contributed by atoms with Gasteiger partial charge in [0.25, 0.3) is 15.9 Å². The number of aromatic nitrogens is 1. The summed E-state index contributed by atoms with van der Waals surface area (Å²) in [5.41, 5.74) is 0.532. The average Bonchev–Trinajstić information content (AvgIpc) is 3.82. The van der Waals surface area contributed by atoms with Crippen LogP contribution in [0.3, 0.4) is 0 Å². The van der Waals surface area contributed by atoms with E-state index in [1.54, 1.807) is 43.6 Å². The Morgan fingerprint density at radius 1 is 1.02 bits per heavy atom. The smallest absolute Gasteiger partial charge is 0.271 e. The van der Waals surface area contributed by atoms with Crippen LogP contribution in [0.2, 0.25) is 5.02 Å². The molecule has 242 valence electrons. The number of carbonyl (C=O) groups is 1. The van der Waals surface area contributed by atoms with Gasteiger partial charge in [0.1, 0.15) is 17.8 Å². The molecule has 2 atom stereocenters. The lowest BCUT2D eigenvalue weighted by molar-refractivity contribution is -0.127. The molecule has 3 aromatic carbocycles. The third-order valence-corrected chi connectivity index (χ3v) is 11.0. The van der Waals surface area contributed by atoms with Crippen LogP contribution < -0.4 is 13.8 Å². The van der Waals surface area contributed by atoms with Gasteiger partial charge in [-0.1, -0.05) is 37.6 Å². The molecule has 6 rings (SSSR count). The van der Waals surface area contributed by atoms with Crippen LogP contribution in [-0.4, -0.2) is 63.0 Å². The molecule has 1 aromatic heterocycles. The van der Waals surface area contributed by atoms with Gasteiger partial charge in [0, 0.05) is 29.2 Å². The Labute approximate surface area is 274 Å². The Kier molecular flexibility index (Phi) is 8.86. The summed E-state index contributed by atoms with van der Waals surface area (Å²) < 4.78 is 46.9. The number of oxazole rings is 1. The van der Waals surface area contributed by atoms with Gasteiger partial charge in [-0.25, -0.2) is 17.7 Å². The quantitative estimate of drug-likeness (QED) is 0.191. The first kappa shape index (κ1) is 32.1. The molecule has 2 aliphatic rings. The molecule has 0 spiro atoms. The predicted molar refractivity (Wildman–Crippen MR) is 175 cm³/mol. The summed E-state index contributed by atoms with van der Waals surface area (Å²) in [6, 6.07) is 16.2. The van der Waals surface area contributed by atoms with Gasteiger partial charge in [-0.2, -0.15) is 0 Å². The second-order valence-corrected chi connectivity index (χ2v) is 13.6. The topological polar surface area (TPSA) is 105 Å². The first-order valence-corrected chi connectivity index (χ1v) is 17.1. The summed E-state index contributed by atoms with van der Waals surface area (Å²) >= 11 is 6.65. The highest BCUT2D eigenvalue weighted by molar-refractivity contribution is 7.93. The van der Waals surface area contributed by atoms with Crippen LogP contribution in [0, 0.1) is 0 Å². The number of methoxy groups -OCH3 is 2. The van der Waals surface area contributed by atoms with Gasteiger partial charge < -0.3 is 13.9 Å². The fourth-order valence-electron chi connectivity index (χ4n) is 6.79. The van der Waals surface area contributed by atoms with Crippen LogP contribution in [0.4, 0.5) is 5.69 Å². The SMILES string of the molecule is CCN(CC)Cc1ccc(C2(N3CCC[C@H]3c3ncco3)C(=O)N(S(=O)(=O)c3ccc(OC)cc3)c3ccc(Cl)cc32)c(OC)c1. The Bertz CT molecular complexity index is 1830. The fraction of sp³-hybridized carbons (Fsp3) is 0.353. The van der Waals surface area contributed by atoms with Gasteiger partial charge in [0.05, 0.1) is 37.0 Å². The summed E-state index contributed by atoms with van der Waals surface area (Å²) in [6.45, 7) is 7.11. The van der Waals surface area contributed by atoms with Crippen molar-refractivity contribution in [2.75, 3.05) is 38.2 Å². The molecule has 3 heterocycles. The van der Waals surface area contributed by atoms with E-state index in [0.717, 1.165) is 29.4 Å². The summed E-state index contributed by atoms with van der Waals surface area (Å²) in [7, 11) is -1.33. The van der Waals surface area contributed by atoms with Crippen molar-refractivity contribution in [1.29, 1.82) is 0 Å². The van der Waals surface area contributed by atoms with Crippen molar-refractivity contribution >= 4 is 33.2 Å². The zero-order chi connectivity index (χ0) is 32.6. The second kappa shape index (κ2) is 12.7. The number of halogens is 1. The van der Waals surface area contributed by atoms with Crippen molar-refractivity contribution < 1.29 is 27.1 Å². The van der Waals surface area contributed by atoms with Crippen LogP contribution in [0.5, 0.6) is 11.5 Å². The van der Waals surface area contributed by atoms with Gasteiger partial charge >= 0.3 is 0 Å². The van der Waals surface area contributed by atoms with E-state index >= 15 is 4.79 Å². The number of benzene rings is 3. The number of rotatable bonds is 11. The van der Waals surface area contributed by atoms with Gasteiger partial charge in [0.2, 0.25) is 5.89 Å². The molecular weight excluding hydrogens is 628 g/mol. The number of sulfonamides is 1. The van der Waals surface area contributed by atoms with Gasteiger partial charge in [-0.3, -0.25) is 14.6 Å². The number of ether oxygens (including phenoxy) is 2. The Hall–Kier alpha value is -3.90. The second-order valence-electron chi connectivity index (χ2n) is 11.3. The number of hydrogen-bond donors (Lipinski definition) is 0. The first-order chi connectivity index (χ1) is 22.2. The lowest BCUT2D eigenvalue weighted by Crippen LogP contribution is -2.54. The van der Waals surface area contributed by atoms with E-state index in [2.05, 4.69) is 23.7 Å². The standard InChI is InChI=1S/C34H37ClN4O6S/c1-5-37(6-2)22-23-9-15-27(31(20-23)44-4)34(38-18-7-8-30(38)32-36-17-19-45-32)28-21-24(35)10-16-29(28)39(33(34)40)46(41,42)26-13-11-25(43-3)12-14-26/h9-17,19-21,30H,5-8,18,22H2,1-4H3/t30-,34?/m0/s1. The molecule has 0 saturated carbocycles. The molecule has 0 aliphatic carbocycles. The number of carbonyl (C=O) groups excluding carboxylic acids is 1. The monoisotopic (exact) mass is 664 g/mol. The van der Waals surface area contributed by atoms with E-state index in [-0.39, 0.29) is 10.6 Å². The van der Waals surface area contributed by atoms with Gasteiger partial charge in [0.15, 0.2) is 5.54 Å². The summed E-state index contributed by atoms with van der Waals surface area (Å²) in [6.07, 6.45) is 4.45. The zero-order valence-corrected chi connectivity index (χ0v) is 27.8. The van der Waals surface area contributed by atoms with E-state index in [1.807, 2.05) is 23.1 Å². The molecule has 1 fully saturated rings.